The number of halogens is 3. The van der Waals surface area contributed by atoms with E-state index in [9.17, 15) is 38.4 Å². The van der Waals surface area contributed by atoms with Gasteiger partial charge in [0.05, 0.1) is 81.2 Å². The summed E-state index contributed by atoms with van der Waals surface area (Å²) in [7, 11) is 7.04. The van der Waals surface area contributed by atoms with Crippen molar-refractivity contribution in [1.82, 2.24) is 82.1 Å². The van der Waals surface area contributed by atoms with Crippen LogP contribution in [0.4, 0.5) is 0 Å². The lowest BCUT2D eigenvalue weighted by molar-refractivity contribution is -0.140. The Morgan fingerprint density at radius 2 is 0.693 bits per heavy atom. The van der Waals surface area contributed by atoms with E-state index < -0.39 is 24.2 Å². The van der Waals surface area contributed by atoms with Gasteiger partial charge in [0.1, 0.15) is 44.2 Å². The first-order valence-electron chi connectivity index (χ1n) is 50.5. The number of likely N-dealkylation sites (tertiary alicyclic amines) is 4. The molecule has 0 bridgehead atoms. The highest BCUT2D eigenvalue weighted by atomic mass is 35.5. The number of hydrogen-bond donors (Lipinski definition) is 8. The molecule has 5 aromatic carbocycles. The van der Waals surface area contributed by atoms with Crippen molar-refractivity contribution in [2.75, 3.05) is 67.6 Å². The van der Waals surface area contributed by atoms with Crippen LogP contribution in [-0.2, 0) is 43.1 Å². The summed E-state index contributed by atoms with van der Waals surface area (Å²) in [5, 5.41) is 44.0. The number of nitrogens with one attached hydrogen (secondary N) is 8. The number of benzene rings is 5. The Morgan fingerprint density at radius 1 is 0.343 bits per heavy atom. The minimum Gasteiger partial charge on any atom is -0.381 e. The molecule has 0 unspecified atom stereocenters. The number of thiophene rings is 1. The molecule has 8 aliphatic rings. The number of carbonyl (C=O) groups excluding carboxylic acids is 8. The Labute approximate surface area is 859 Å². The van der Waals surface area contributed by atoms with E-state index >= 15 is 0 Å². The van der Waals surface area contributed by atoms with Crippen LogP contribution in [0, 0.1) is 37.5 Å². The number of rotatable bonds is 28. The molecule has 5 aromatic heterocycles. The van der Waals surface area contributed by atoms with Gasteiger partial charge in [0.2, 0.25) is 47.3 Å². The third-order valence-electron chi connectivity index (χ3n) is 29.9. The molecule has 8 amide bonds. The molecule has 25 nitrogen and oxygen atoms in total. The van der Waals surface area contributed by atoms with E-state index in [0.29, 0.717) is 42.9 Å². The lowest BCUT2D eigenvalue weighted by Gasteiger charge is -2.35. The fourth-order valence-corrected chi connectivity index (χ4v) is 26.5. The van der Waals surface area contributed by atoms with Gasteiger partial charge in [0.15, 0.2) is 0 Å². The predicted octanol–water partition coefficient (Wildman–Crippen LogP) is 20.4. The quantitative estimate of drug-likeness (QED) is 0.0226. The van der Waals surface area contributed by atoms with E-state index in [-0.39, 0.29) is 119 Å². The number of nitrogens with zero attached hydrogens (tertiary/aromatic N) is 8. The molecule has 10 heterocycles. The van der Waals surface area contributed by atoms with Gasteiger partial charge in [-0.05, 0) is 236 Å². The van der Waals surface area contributed by atoms with E-state index in [1.165, 1.54) is 45.7 Å². The second kappa shape index (κ2) is 50.2. The molecule has 5 aliphatic heterocycles. The number of thiazole rings is 4. The first-order valence-corrected chi connectivity index (χ1v) is 56.0. The maximum atomic E-state index is 14.0. The number of amides is 8. The molecule has 18 rings (SSSR count). The summed E-state index contributed by atoms with van der Waals surface area (Å²) >= 11 is 27.1. The minimum absolute atomic E-state index is 0.00332. The normalized spacial score (nSPS) is 20.6. The van der Waals surface area contributed by atoms with E-state index in [0.717, 1.165) is 223 Å². The van der Waals surface area contributed by atoms with Crippen LogP contribution in [0.5, 0.6) is 0 Å². The van der Waals surface area contributed by atoms with Crippen molar-refractivity contribution in [1.29, 1.82) is 0 Å². The SMILES string of the molecule is CN[C@@H](C)C(=O)N[C@H](C(=O)N1CCC[C@H]1c1nc(-c2ccc(C)c(Cl)c2)cs1)C1CCCCC1.CN[C@@H](C)C(=O)N[C@H](C(=O)N1CCC[C@H]1c1nc(-c2cccc(Cl)c2Cl)cs1)C1CCCCC1.CN[C@@H](C)C(=O)N[C@H](C(=O)N1CCC[C@H]1c1nc(-c2cccc3c(C)cccc23)cs1)C1CCOCC1.CN[C@@H](C)C(=O)N[C@H](C(=O)N1CCC[C@H]1c1nc(-c2csc3ccccc23)cs1)C1CCCCC1. The first kappa shape index (κ1) is 106. The van der Waals surface area contributed by atoms with E-state index in [1.807, 2.05) is 95.3 Å². The lowest BCUT2D eigenvalue weighted by atomic mass is 9.83. The Balaban J connectivity index is 0.000000141. The van der Waals surface area contributed by atoms with Crippen molar-refractivity contribution in [3.8, 4) is 45.0 Å². The van der Waals surface area contributed by atoms with Crippen LogP contribution in [0.2, 0.25) is 15.1 Å². The van der Waals surface area contributed by atoms with Gasteiger partial charge in [-0.25, -0.2) is 19.9 Å². The lowest BCUT2D eigenvalue weighted by Crippen LogP contribution is -2.56. The average molecular weight is 2060 g/mol. The van der Waals surface area contributed by atoms with Gasteiger partial charge < -0.3 is 66.9 Å². The second-order valence-corrected chi connectivity index (χ2v) is 44.5. The highest BCUT2D eigenvalue weighted by Gasteiger charge is 2.46. The van der Waals surface area contributed by atoms with Crippen molar-refractivity contribution in [2.45, 2.75) is 275 Å². The Bertz CT molecular complexity index is 5900. The van der Waals surface area contributed by atoms with Crippen LogP contribution in [-0.4, -0.2) is 203 Å². The van der Waals surface area contributed by atoms with Crippen LogP contribution in [0.3, 0.4) is 0 Å². The molecular formula is C107H137Cl3N16O9S5. The van der Waals surface area contributed by atoms with Crippen LogP contribution < -0.4 is 42.5 Å². The summed E-state index contributed by atoms with van der Waals surface area (Å²) < 4.78 is 6.80. The van der Waals surface area contributed by atoms with Gasteiger partial charge in [-0.15, -0.1) is 56.7 Å². The molecule has 3 aliphatic carbocycles. The standard InChI is InChI=1S/C29H36N4O3S.C27H34N4O2S2.C26H35ClN4O2S.C25H32Cl2N4O2S/c1-18-7-4-9-22-21(18)8-5-10-23(22)24-17-37-28(31-24)25-11-6-14-33(25)29(35)26(20-12-15-36-16-13-20)32-27(34)19(2)30-3;1-17(28-2)25(32)30-24(18-9-4-3-5-10-18)27(33)31-14-8-12-22(31)26-29-21(16-35-26)20-15-34-23-13-7-6-11-19(20)23;1-16-11-12-19(14-20(16)27)21-15-34-25(29-21)22-10-7-13-31(22)26(33)23(18-8-5-4-6-9-18)30-24(32)17(2)28-3;1-15(28-2)23(32)30-22(16-8-4-3-5-9-16)25(33)31-13-7-12-20(31)24-29-19(14-34-24)17-10-6-11-18(26)21(17)27/h4-5,7-10,17,19-20,25-26,30H,6,11-16H2,1-3H3,(H,32,34);6-7,11,13,15-18,22,24,28H,3-5,8-10,12,14H2,1-2H3,(H,30,32);11-12,14-15,17-18,22-23,28H,4-10,13H2,1-3H3,(H,30,32);6,10-11,14-16,20,22,28H,3-5,7-9,12-13H2,1-2H3,(H,30,32)/t19-,25-,26-;17-,22-,24-;17-,22-,23-;15-,20-,22-/m0000/s1. The minimum atomic E-state index is -0.548. The van der Waals surface area contributed by atoms with Gasteiger partial charge in [0.25, 0.3) is 0 Å². The number of carbonyl (C=O) groups is 8. The Morgan fingerprint density at radius 3 is 1.11 bits per heavy atom. The van der Waals surface area contributed by atoms with Gasteiger partial charge in [-0.2, -0.15) is 0 Å². The van der Waals surface area contributed by atoms with Crippen LogP contribution >= 0.6 is 91.5 Å². The first-order chi connectivity index (χ1) is 67.8. The van der Waals surface area contributed by atoms with Crippen LogP contribution in [0.15, 0.2) is 124 Å². The summed E-state index contributed by atoms with van der Waals surface area (Å²) in [5.41, 5.74) is 9.95. The maximum Gasteiger partial charge on any atom is 0.246 e. The smallest absolute Gasteiger partial charge is 0.246 e. The highest BCUT2D eigenvalue weighted by Crippen LogP contribution is 2.46. The third-order valence-corrected chi connectivity index (χ3v) is 35.9. The Hall–Kier alpha value is -8.73. The fourth-order valence-electron chi connectivity index (χ4n) is 21.1. The molecule has 0 radical (unpaired) electrons. The number of fused-ring (bicyclic) bond motifs is 2. The zero-order valence-electron chi connectivity index (χ0n) is 82.2. The molecule has 33 heteroatoms. The summed E-state index contributed by atoms with van der Waals surface area (Å²) in [5.74, 6) is 0.269. The highest BCUT2D eigenvalue weighted by molar-refractivity contribution is 7.18. The summed E-state index contributed by atoms with van der Waals surface area (Å²) in [6.07, 6.45) is 25.0. The van der Waals surface area contributed by atoms with Gasteiger partial charge in [-0.1, -0.05) is 171 Å². The largest absolute Gasteiger partial charge is 0.381 e. The molecular weight excluding hydrogens is 1920 g/mol. The third kappa shape index (κ3) is 25.2. The predicted molar refractivity (Wildman–Crippen MR) is 567 cm³/mol. The molecule has 5 saturated heterocycles. The molecule has 0 spiro atoms. The Kier molecular flexibility index (Phi) is 37.8. The van der Waals surface area contributed by atoms with Crippen molar-refractivity contribution in [3.05, 3.63) is 170 Å². The maximum absolute atomic E-state index is 14.0. The monoisotopic (exact) mass is 2050 g/mol. The van der Waals surface area contributed by atoms with Crippen molar-refractivity contribution < 1.29 is 43.1 Å². The van der Waals surface area contributed by atoms with E-state index in [1.54, 1.807) is 90.9 Å². The van der Waals surface area contributed by atoms with Gasteiger partial charge in [0, 0.05) is 104 Å². The zero-order chi connectivity index (χ0) is 98.8. The molecule has 10 aromatic rings. The number of aryl methyl sites for hydroxylation is 2. The summed E-state index contributed by atoms with van der Waals surface area (Å²) in [4.78, 5) is 134. The number of aromatic nitrogens is 4. The fraction of sp³-hybridized carbons (Fsp3) is 0.533. The van der Waals surface area contributed by atoms with Gasteiger partial charge in [-0.3, -0.25) is 38.4 Å². The summed E-state index contributed by atoms with van der Waals surface area (Å²) in [6, 6.07) is 29.1. The van der Waals surface area contributed by atoms with E-state index in [4.69, 9.17) is 59.5 Å². The van der Waals surface area contributed by atoms with Crippen LogP contribution in [0.25, 0.3) is 65.9 Å². The van der Waals surface area contributed by atoms with Crippen LogP contribution in [0.1, 0.15) is 244 Å². The van der Waals surface area contributed by atoms with Crippen molar-refractivity contribution >= 4 is 160 Å². The topological polar surface area (TPSA) is 307 Å². The molecule has 12 atom stereocenters. The molecule has 140 heavy (non-hydrogen) atoms. The van der Waals surface area contributed by atoms with Crippen molar-refractivity contribution in [2.24, 2.45) is 23.7 Å². The number of ether oxygens (including phenoxy) is 1. The average Bonchev–Trinajstić information content (AvgIpc) is 1.59. The zero-order valence-corrected chi connectivity index (χ0v) is 88.6. The van der Waals surface area contributed by atoms with Gasteiger partial charge >= 0.3 is 0 Å². The second-order valence-electron chi connectivity index (χ2n) is 38.9. The molecule has 8 fully saturated rings. The number of hydrogen-bond acceptors (Lipinski definition) is 22. The van der Waals surface area contributed by atoms with Crippen molar-refractivity contribution in [3.63, 3.8) is 0 Å². The molecule has 8 N–H and O–H groups in total. The molecule has 750 valence electrons. The summed E-state index contributed by atoms with van der Waals surface area (Å²) in [6.45, 7) is 15.4. The number of likely N-dealkylation sites (N-methyl/N-ethyl adjacent to an activating group) is 4. The molecule has 3 saturated carbocycles. The van der Waals surface area contributed by atoms with E-state index in [2.05, 4.69) is 126 Å².